The number of hydrogen-bond donors (Lipinski definition) is 1. The minimum atomic E-state index is -0.163. The summed E-state index contributed by atoms with van der Waals surface area (Å²) in [5, 5.41) is 3.60. The summed E-state index contributed by atoms with van der Waals surface area (Å²) in [4.78, 5) is 16.7. The lowest BCUT2D eigenvalue weighted by atomic mass is 9.85. The average Bonchev–Trinajstić information content (AvgIpc) is 3.30. The normalized spacial score (nSPS) is 21.6. The van der Waals surface area contributed by atoms with Crippen molar-refractivity contribution in [1.82, 2.24) is 4.90 Å². The minimum Gasteiger partial charge on any atom is -0.497 e. The molecular weight excluding hydrogens is 536 g/mol. The summed E-state index contributed by atoms with van der Waals surface area (Å²) in [7, 11) is 4.88. The predicted molar refractivity (Wildman–Crippen MR) is 165 cm³/mol. The van der Waals surface area contributed by atoms with Gasteiger partial charge in [-0.15, -0.1) is 0 Å². The zero-order chi connectivity index (χ0) is 28.8. The highest BCUT2D eigenvalue weighted by Gasteiger charge is 2.42. The number of methoxy groups -OCH3 is 3. The highest BCUT2D eigenvalue weighted by Crippen LogP contribution is 2.42. The quantitative estimate of drug-likeness (QED) is 0.257. The van der Waals surface area contributed by atoms with Crippen LogP contribution >= 0.6 is 11.8 Å². The summed E-state index contributed by atoms with van der Waals surface area (Å²) in [5.41, 5.74) is 2.58. The summed E-state index contributed by atoms with van der Waals surface area (Å²) >= 11 is 1.57. The molecule has 0 aromatic heterocycles. The molecule has 1 saturated heterocycles. The lowest BCUT2D eigenvalue weighted by molar-refractivity contribution is -0.129. The van der Waals surface area contributed by atoms with Crippen LogP contribution in [-0.2, 0) is 11.4 Å². The van der Waals surface area contributed by atoms with E-state index >= 15 is 0 Å². The van der Waals surface area contributed by atoms with E-state index in [1.165, 1.54) is 6.42 Å². The maximum atomic E-state index is 13.9. The molecule has 0 radical (unpaired) electrons. The molecule has 1 unspecified atom stereocenters. The first-order valence-electron chi connectivity index (χ1n) is 14.0. The molecule has 1 N–H and O–H groups in total. The fraction of sp³-hybridized carbons (Fsp3) is 0.364. The van der Waals surface area contributed by atoms with Crippen LogP contribution in [-0.4, -0.2) is 43.7 Å². The minimum absolute atomic E-state index is 0.0756. The van der Waals surface area contributed by atoms with E-state index in [0.29, 0.717) is 22.3 Å². The molecule has 1 amide bonds. The van der Waals surface area contributed by atoms with E-state index in [4.69, 9.17) is 18.9 Å². The fourth-order valence-corrected chi connectivity index (χ4v) is 6.77. The zero-order valence-electron chi connectivity index (χ0n) is 24.1. The molecule has 1 aliphatic heterocycles. The lowest BCUT2D eigenvalue weighted by Crippen LogP contribution is -2.48. The van der Waals surface area contributed by atoms with Gasteiger partial charge in [0.25, 0.3) is 5.91 Å². The van der Waals surface area contributed by atoms with Crippen LogP contribution in [0.4, 0.5) is 5.69 Å². The van der Waals surface area contributed by atoms with E-state index in [-0.39, 0.29) is 24.1 Å². The van der Waals surface area contributed by atoms with Gasteiger partial charge in [0, 0.05) is 17.3 Å². The molecule has 0 bridgehead atoms. The number of anilines is 1. The summed E-state index contributed by atoms with van der Waals surface area (Å²) in [5.74, 6) is 3.19. The van der Waals surface area contributed by atoms with Gasteiger partial charge in [-0.3, -0.25) is 4.79 Å². The third kappa shape index (κ3) is 6.59. The first-order valence-corrected chi connectivity index (χ1v) is 14.9. The second-order valence-electron chi connectivity index (χ2n) is 10.4. The van der Waals surface area contributed by atoms with Crippen LogP contribution in [0.1, 0.15) is 43.7 Å². The van der Waals surface area contributed by atoms with Crippen molar-refractivity contribution in [1.29, 1.82) is 0 Å². The third-order valence-corrected chi connectivity index (χ3v) is 8.89. The van der Waals surface area contributed by atoms with E-state index in [0.717, 1.165) is 47.6 Å². The van der Waals surface area contributed by atoms with Crippen molar-refractivity contribution in [2.75, 3.05) is 26.6 Å². The number of thioether (sulfide) groups is 1. The maximum Gasteiger partial charge on any atom is 0.262 e. The number of benzene rings is 3. The number of carbonyl (C=O) groups is 1. The van der Waals surface area contributed by atoms with Crippen molar-refractivity contribution in [3.8, 4) is 23.0 Å². The number of nitrogens with zero attached hydrogens (tertiary/aromatic N) is 1. The molecule has 2 aliphatic rings. The molecule has 0 spiro atoms. The SMILES string of the molecule is COc1ccc(OC)c(COc2ccc(/C=C3\SC(Nc4ccccc4)N([C@@H]4CCCC[C@H]4C)C3=O)cc2OC)c1. The molecule has 7 nitrogen and oxygen atoms in total. The first kappa shape index (κ1) is 28.7. The summed E-state index contributed by atoms with van der Waals surface area (Å²) < 4.78 is 22.6. The molecule has 1 aliphatic carbocycles. The highest BCUT2D eigenvalue weighted by molar-refractivity contribution is 8.05. The van der Waals surface area contributed by atoms with E-state index in [1.54, 1.807) is 33.1 Å². The van der Waals surface area contributed by atoms with Gasteiger partial charge >= 0.3 is 0 Å². The lowest BCUT2D eigenvalue weighted by Gasteiger charge is -2.39. The Bertz CT molecular complexity index is 1380. The van der Waals surface area contributed by atoms with Crippen molar-refractivity contribution in [2.45, 2.75) is 50.8 Å². The number of carbonyl (C=O) groups excluding carboxylic acids is 1. The van der Waals surface area contributed by atoms with Gasteiger partial charge in [0.1, 0.15) is 18.1 Å². The molecule has 41 heavy (non-hydrogen) atoms. The van der Waals surface area contributed by atoms with Crippen LogP contribution in [0.5, 0.6) is 23.0 Å². The van der Waals surface area contributed by atoms with Crippen molar-refractivity contribution >= 4 is 29.4 Å². The highest BCUT2D eigenvalue weighted by atomic mass is 32.2. The Labute approximate surface area is 246 Å². The smallest absolute Gasteiger partial charge is 0.262 e. The second-order valence-corrected chi connectivity index (χ2v) is 11.5. The Morgan fingerprint density at radius 2 is 1.66 bits per heavy atom. The molecule has 1 saturated carbocycles. The zero-order valence-corrected chi connectivity index (χ0v) is 24.9. The van der Waals surface area contributed by atoms with Gasteiger partial charge < -0.3 is 29.2 Å². The Balaban J connectivity index is 1.37. The number of amides is 1. The van der Waals surface area contributed by atoms with Crippen LogP contribution in [0.15, 0.2) is 71.6 Å². The Morgan fingerprint density at radius 3 is 2.39 bits per heavy atom. The first-order chi connectivity index (χ1) is 20.0. The average molecular weight is 575 g/mol. The molecule has 3 aromatic carbocycles. The van der Waals surface area contributed by atoms with Gasteiger partial charge in [-0.05, 0) is 72.9 Å². The van der Waals surface area contributed by atoms with Gasteiger partial charge in [-0.1, -0.05) is 55.8 Å². The van der Waals surface area contributed by atoms with Crippen LogP contribution < -0.4 is 24.3 Å². The maximum absolute atomic E-state index is 13.9. The van der Waals surface area contributed by atoms with Gasteiger partial charge in [-0.2, -0.15) is 0 Å². The molecule has 2 fully saturated rings. The molecule has 3 atom stereocenters. The van der Waals surface area contributed by atoms with Gasteiger partial charge in [0.15, 0.2) is 17.0 Å². The van der Waals surface area contributed by atoms with Crippen molar-refractivity contribution in [3.63, 3.8) is 0 Å². The predicted octanol–water partition coefficient (Wildman–Crippen LogP) is 7.18. The standard InChI is InChI=1S/C33H38N2O5S/c1-22-10-8-9-13-27(22)35-32(36)31(41-33(35)34-25-11-6-5-7-12-25)19-23-14-16-29(30(18-23)39-4)40-21-24-20-26(37-2)15-17-28(24)38-3/h5-7,11-12,14-20,22,27,33-34H,8-10,13,21H2,1-4H3/b31-19-/t22-,27-,33?/m1/s1. The molecule has 216 valence electrons. The van der Waals surface area contributed by atoms with Crippen LogP contribution in [0.25, 0.3) is 6.08 Å². The monoisotopic (exact) mass is 574 g/mol. The number of hydrogen-bond acceptors (Lipinski definition) is 7. The summed E-state index contributed by atoms with van der Waals surface area (Å²) in [6.45, 7) is 2.56. The Hall–Kier alpha value is -3.78. The third-order valence-electron chi connectivity index (χ3n) is 7.78. The number of para-hydroxylation sites is 1. The van der Waals surface area contributed by atoms with Crippen molar-refractivity contribution in [3.05, 3.63) is 82.8 Å². The van der Waals surface area contributed by atoms with Crippen LogP contribution in [0, 0.1) is 5.92 Å². The van der Waals surface area contributed by atoms with E-state index in [2.05, 4.69) is 17.1 Å². The van der Waals surface area contributed by atoms with Gasteiger partial charge in [0.2, 0.25) is 0 Å². The molecule has 8 heteroatoms. The summed E-state index contributed by atoms with van der Waals surface area (Å²) in [6, 6.07) is 21.7. The number of ether oxygens (including phenoxy) is 4. The molecular formula is C33H38N2O5S. The van der Waals surface area contributed by atoms with E-state index in [9.17, 15) is 4.79 Å². The van der Waals surface area contributed by atoms with Crippen LogP contribution in [0.3, 0.4) is 0 Å². The van der Waals surface area contributed by atoms with Crippen molar-refractivity contribution < 1.29 is 23.7 Å². The summed E-state index contributed by atoms with van der Waals surface area (Å²) in [6.07, 6.45) is 6.52. The fourth-order valence-electron chi connectivity index (χ4n) is 5.56. The van der Waals surface area contributed by atoms with Gasteiger partial charge in [-0.25, -0.2) is 0 Å². The largest absolute Gasteiger partial charge is 0.497 e. The molecule has 3 aromatic rings. The Morgan fingerprint density at radius 1 is 0.902 bits per heavy atom. The van der Waals surface area contributed by atoms with E-state index < -0.39 is 0 Å². The van der Waals surface area contributed by atoms with Gasteiger partial charge in [0.05, 0.1) is 26.2 Å². The Kier molecular flexibility index (Phi) is 9.29. The molecule has 5 rings (SSSR count). The molecule has 1 heterocycles. The number of rotatable bonds is 10. The topological polar surface area (TPSA) is 69.3 Å². The van der Waals surface area contributed by atoms with E-state index in [1.807, 2.05) is 72.8 Å². The second kappa shape index (κ2) is 13.3. The van der Waals surface area contributed by atoms with Crippen LogP contribution in [0.2, 0.25) is 0 Å². The van der Waals surface area contributed by atoms with Crippen molar-refractivity contribution in [2.24, 2.45) is 5.92 Å². The number of nitrogens with one attached hydrogen (secondary N) is 1.